The second kappa shape index (κ2) is 10.2. The molecule has 0 heterocycles. The van der Waals surface area contributed by atoms with Crippen molar-refractivity contribution in [3.8, 4) is 5.75 Å². The number of benzene rings is 1. The molecule has 2 nitrogen and oxygen atoms in total. The molecule has 0 atom stereocenters. The van der Waals surface area contributed by atoms with Gasteiger partial charge in [0.05, 0.1) is 6.61 Å². The predicted octanol–water partition coefficient (Wildman–Crippen LogP) is 5.46. The van der Waals surface area contributed by atoms with E-state index in [0.717, 1.165) is 36.3 Å². The van der Waals surface area contributed by atoms with Gasteiger partial charge in [-0.3, -0.25) is 0 Å². The lowest BCUT2D eigenvalue weighted by atomic mass is 10.1. The first-order valence-corrected chi connectivity index (χ1v) is 8.96. The lowest BCUT2D eigenvalue weighted by Crippen LogP contribution is -2.19. The molecule has 120 valence electrons. The number of aryl methyl sites for hydroxylation is 1. The molecule has 3 heteroatoms. The van der Waals surface area contributed by atoms with E-state index in [2.05, 4.69) is 61.1 Å². The van der Waals surface area contributed by atoms with E-state index in [4.69, 9.17) is 4.74 Å². The van der Waals surface area contributed by atoms with Crippen LogP contribution in [0, 0.1) is 12.8 Å². The van der Waals surface area contributed by atoms with Gasteiger partial charge in [-0.15, -0.1) is 0 Å². The molecule has 0 aliphatic heterocycles. The maximum absolute atomic E-state index is 6.07. The zero-order valence-corrected chi connectivity index (χ0v) is 15.6. The Bertz CT molecular complexity index is 418. The monoisotopic (exact) mass is 355 g/mol. The fourth-order valence-corrected chi connectivity index (χ4v) is 2.96. The van der Waals surface area contributed by atoms with E-state index >= 15 is 0 Å². The van der Waals surface area contributed by atoms with Crippen molar-refractivity contribution in [1.82, 2.24) is 5.32 Å². The highest BCUT2D eigenvalue weighted by Crippen LogP contribution is 2.28. The second-order valence-electron chi connectivity index (χ2n) is 6.14. The number of nitrogens with one attached hydrogen (secondary N) is 1. The first-order valence-electron chi connectivity index (χ1n) is 8.17. The van der Waals surface area contributed by atoms with Crippen LogP contribution in [0.5, 0.6) is 5.75 Å². The zero-order valence-electron chi connectivity index (χ0n) is 14.0. The molecule has 0 unspecified atom stereocenters. The number of hydrogen-bond donors (Lipinski definition) is 1. The molecular weight excluding hydrogens is 326 g/mol. The van der Waals surface area contributed by atoms with Crippen molar-refractivity contribution in [2.75, 3.05) is 13.2 Å². The van der Waals surface area contributed by atoms with Gasteiger partial charge in [-0.05, 0) is 43.5 Å². The van der Waals surface area contributed by atoms with Gasteiger partial charge in [0.1, 0.15) is 5.75 Å². The fourth-order valence-electron chi connectivity index (χ4n) is 2.34. The van der Waals surface area contributed by atoms with Crippen molar-refractivity contribution in [3.05, 3.63) is 27.7 Å². The van der Waals surface area contributed by atoms with Crippen LogP contribution < -0.4 is 10.1 Å². The molecule has 0 saturated carbocycles. The summed E-state index contributed by atoms with van der Waals surface area (Å²) in [6.07, 6.45) is 4.96. The Kier molecular flexibility index (Phi) is 9.02. The topological polar surface area (TPSA) is 21.3 Å². The average Bonchev–Trinajstić information content (AvgIpc) is 2.40. The van der Waals surface area contributed by atoms with Crippen molar-refractivity contribution in [3.63, 3.8) is 0 Å². The van der Waals surface area contributed by atoms with Crippen LogP contribution in [0.4, 0.5) is 0 Å². The number of halogens is 1. The Labute approximate surface area is 138 Å². The third-order valence-corrected chi connectivity index (χ3v) is 3.89. The molecule has 0 fully saturated rings. The molecule has 1 aromatic carbocycles. The van der Waals surface area contributed by atoms with Gasteiger partial charge in [0.25, 0.3) is 0 Å². The summed E-state index contributed by atoms with van der Waals surface area (Å²) in [6.45, 7) is 11.5. The predicted molar refractivity (Wildman–Crippen MR) is 95.1 cm³/mol. The first-order chi connectivity index (χ1) is 10.0. The van der Waals surface area contributed by atoms with Gasteiger partial charge < -0.3 is 10.1 Å². The van der Waals surface area contributed by atoms with Gasteiger partial charge in [0.15, 0.2) is 0 Å². The van der Waals surface area contributed by atoms with E-state index in [0.29, 0.717) is 5.92 Å². The highest BCUT2D eigenvalue weighted by atomic mass is 79.9. The second-order valence-corrected chi connectivity index (χ2v) is 7.06. The highest BCUT2D eigenvalue weighted by molar-refractivity contribution is 9.10. The SMILES string of the molecule is CCCCCCOc1c(C)cc(Br)cc1CNCC(C)C. The Hall–Kier alpha value is -0.540. The van der Waals surface area contributed by atoms with Crippen LogP contribution in [0.25, 0.3) is 0 Å². The van der Waals surface area contributed by atoms with Crippen LogP contribution in [-0.4, -0.2) is 13.2 Å². The first kappa shape index (κ1) is 18.5. The molecule has 0 bridgehead atoms. The largest absolute Gasteiger partial charge is 0.493 e. The third kappa shape index (κ3) is 7.32. The maximum Gasteiger partial charge on any atom is 0.126 e. The lowest BCUT2D eigenvalue weighted by molar-refractivity contribution is 0.299. The summed E-state index contributed by atoms with van der Waals surface area (Å²) in [5, 5.41) is 3.51. The Morgan fingerprint density at radius 3 is 2.62 bits per heavy atom. The van der Waals surface area contributed by atoms with Crippen LogP contribution in [0.15, 0.2) is 16.6 Å². The molecule has 0 aliphatic carbocycles. The summed E-state index contributed by atoms with van der Waals surface area (Å²) in [4.78, 5) is 0. The van der Waals surface area contributed by atoms with Crippen LogP contribution in [0.3, 0.4) is 0 Å². The standard InChI is InChI=1S/C18H30BrNO/c1-5-6-7-8-9-21-18-15(4)10-17(19)11-16(18)13-20-12-14(2)3/h10-11,14,20H,5-9,12-13H2,1-4H3. The summed E-state index contributed by atoms with van der Waals surface area (Å²) in [6, 6.07) is 4.30. The number of rotatable bonds is 10. The number of ether oxygens (including phenoxy) is 1. The van der Waals surface area contributed by atoms with Gasteiger partial charge in [-0.1, -0.05) is 56.0 Å². The van der Waals surface area contributed by atoms with Crippen LogP contribution in [-0.2, 0) is 6.54 Å². The van der Waals surface area contributed by atoms with Gasteiger partial charge in [-0.25, -0.2) is 0 Å². The molecule has 0 radical (unpaired) electrons. The lowest BCUT2D eigenvalue weighted by Gasteiger charge is -2.16. The third-order valence-electron chi connectivity index (χ3n) is 3.43. The minimum Gasteiger partial charge on any atom is -0.493 e. The summed E-state index contributed by atoms with van der Waals surface area (Å²) in [7, 11) is 0. The van der Waals surface area contributed by atoms with Gasteiger partial charge in [0.2, 0.25) is 0 Å². The van der Waals surface area contributed by atoms with Crippen LogP contribution in [0.1, 0.15) is 57.6 Å². The Morgan fingerprint density at radius 1 is 1.19 bits per heavy atom. The smallest absolute Gasteiger partial charge is 0.126 e. The average molecular weight is 356 g/mol. The molecular formula is C18H30BrNO. The molecule has 0 aliphatic rings. The molecule has 0 aromatic heterocycles. The van der Waals surface area contributed by atoms with Crippen molar-refractivity contribution < 1.29 is 4.74 Å². The van der Waals surface area contributed by atoms with E-state index < -0.39 is 0 Å². The summed E-state index contributed by atoms with van der Waals surface area (Å²) in [5.41, 5.74) is 2.46. The minimum atomic E-state index is 0.664. The zero-order chi connectivity index (χ0) is 15.7. The van der Waals surface area contributed by atoms with E-state index in [1.807, 2.05) is 0 Å². The molecule has 1 N–H and O–H groups in total. The molecule has 1 rings (SSSR count). The van der Waals surface area contributed by atoms with Crippen molar-refractivity contribution in [1.29, 1.82) is 0 Å². The molecule has 0 amide bonds. The Morgan fingerprint density at radius 2 is 1.95 bits per heavy atom. The molecule has 1 aromatic rings. The minimum absolute atomic E-state index is 0.664. The van der Waals surface area contributed by atoms with E-state index in [-0.39, 0.29) is 0 Å². The van der Waals surface area contributed by atoms with E-state index in [1.54, 1.807) is 0 Å². The normalized spacial score (nSPS) is 11.1. The Balaban J connectivity index is 2.62. The number of hydrogen-bond acceptors (Lipinski definition) is 2. The van der Waals surface area contributed by atoms with Crippen molar-refractivity contribution in [2.24, 2.45) is 5.92 Å². The summed E-state index contributed by atoms with van der Waals surface area (Å²) in [5.74, 6) is 1.72. The van der Waals surface area contributed by atoms with Gasteiger partial charge >= 0.3 is 0 Å². The quantitative estimate of drug-likeness (QED) is 0.562. The van der Waals surface area contributed by atoms with E-state index in [1.165, 1.54) is 30.4 Å². The van der Waals surface area contributed by atoms with Crippen LogP contribution in [0.2, 0.25) is 0 Å². The number of unbranched alkanes of at least 4 members (excludes halogenated alkanes) is 3. The van der Waals surface area contributed by atoms with E-state index in [9.17, 15) is 0 Å². The molecule has 21 heavy (non-hydrogen) atoms. The van der Waals surface area contributed by atoms with Gasteiger partial charge in [0, 0.05) is 16.6 Å². The summed E-state index contributed by atoms with van der Waals surface area (Å²) >= 11 is 3.59. The molecule has 0 saturated heterocycles. The highest BCUT2D eigenvalue weighted by Gasteiger charge is 2.09. The van der Waals surface area contributed by atoms with Crippen molar-refractivity contribution in [2.45, 2.75) is 59.9 Å². The fraction of sp³-hybridized carbons (Fsp3) is 0.667. The van der Waals surface area contributed by atoms with Crippen LogP contribution >= 0.6 is 15.9 Å². The van der Waals surface area contributed by atoms with Gasteiger partial charge in [-0.2, -0.15) is 0 Å². The summed E-state index contributed by atoms with van der Waals surface area (Å²) < 4.78 is 7.19. The molecule has 0 spiro atoms. The van der Waals surface area contributed by atoms with Crippen molar-refractivity contribution >= 4 is 15.9 Å². The maximum atomic E-state index is 6.07.